The number of urea groups is 1. The van der Waals surface area contributed by atoms with Gasteiger partial charge in [0.15, 0.2) is 0 Å². The minimum absolute atomic E-state index is 0.198. The average Bonchev–Trinajstić information content (AvgIpc) is 2.78. The monoisotopic (exact) mass is 468 g/mol. The number of hydroxylamine groups is 2. The van der Waals surface area contributed by atoms with Gasteiger partial charge in [-0.05, 0) is 49.4 Å². The second kappa shape index (κ2) is 10.2. The van der Waals surface area contributed by atoms with Gasteiger partial charge in [-0.25, -0.2) is 28.0 Å². The number of fused-ring (bicyclic) bond motifs is 1. The van der Waals surface area contributed by atoms with Crippen LogP contribution in [0, 0.1) is 23.4 Å². The van der Waals surface area contributed by atoms with Crippen molar-refractivity contribution in [2.45, 2.75) is 12.5 Å². The van der Waals surface area contributed by atoms with Crippen LogP contribution >= 0.6 is 12.2 Å². The quantitative estimate of drug-likeness (QED) is 0.518. The van der Waals surface area contributed by atoms with Crippen LogP contribution in [-0.2, 0) is 4.84 Å². The maximum atomic E-state index is 14.3. The number of carbonyl (C=O) groups excluding carboxylic acids is 1. The number of hydrogen-bond acceptors (Lipinski definition) is 5. The number of nitrogens with zero attached hydrogens (tertiary/aromatic N) is 2. The Bertz CT molecular complexity index is 1010. The van der Waals surface area contributed by atoms with E-state index in [1.165, 1.54) is 32.4 Å². The van der Waals surface area contributed by atoms with E-state index in [4.69, 9.17) is 27.5 Å². The molecule has 2 atom stereocenters. The minimum Gasteiger partial charge on any atom is -0.493 e. The molecule has 0 fully saturated rings. The van der Waals surface area contributed by atoms with Crippen molar-refractivity contribution in [2.24, 2.45) is 11.7 Å². The standard InChI is InChI=1S/C21H23F3N4O3S/c1-27(30-2)21(29)28(26-20(32)15-9-13(22)3-5-17(15)24)19-12(7-8-25)11-31-18-6-4-14(23)10-16(18)19/h3-6,9-10,12,19H,7-8,11,25H2,1-2H3,(H,26,32). The van der Waals surface area contributed by atoms with E-state index in [9.17, 15) is 18.0 Å². The van der Waals surface area contributed by atoms with Crippen molar-refractivity contribution in [3.63, 3.8) is 0 Å². The van der Waals surface area contributed by atoms with Crippen LogP contribution in [0.5, 0.6) is 5.75 Å². The Morgan fingerprint density at radius 2 is 1.94 bits per heavy atom. The summed E-state index contributed by atoms with van der Waals surface area (Å²) in [6.45, 7) is 0.476. The normalized spacial score (nSPS) is 17.2. The van der Waals surface area contributed by atoms with E-state index in [2.05, 4.69) is 5.43 Å². The lowest BCUT2D eigenvalue weighted by atomic mass is 9.87. The lowest BCUT2D eigenvalue weighted by molar-refractivity contribution is -0.0859. The predicted molar refractivity (Wildman–Crippen MR) is 115 cm³/mol. The van der Waals surface area contributed by atoms with Crippen LogP contribution in [0.3, 0.4) is 0 Å². The third-order valence-corrected chi connectivity index (χ3v) is 5.46. The molecule has 2 aromatic carbocycles. The molecule has 0 saturated heterocycles. The van der Waals surface area contributed by atoms with E-state index in [-0.39, 0.29) is 29.6 Å². The first-order valence-corrected chi connectivity index (χ1v) is 10.2. The van der Waals surface area contributed by atoms with E-state index in [1.807, 2.05) is 0 Å². The van der Waals surface area contributed by atoms with Crippen molar-refractivity contribution in [3.05, 3.63) is 65.0 Å². The summed E-state index contributed by atoms with van der Waals surface area (Å²) in [5.41, 5.74) is 8.60. The molecule has 1 aliphatic heterocycles. The molecule has 0 radical (unpaired) electrons. The molecule has 32 heavy (non-hydrogen) atoms. The van der Waals surface area contributed by atoms with E-state index in [1.54, 1.807) is 0 Å². The maximum Gasteiger partial charge on any atom is 0.362 e. The van der Waals surface area contributed by atoms with Crippen LogP contribution in [0.4, 0.5) is 18.0 Å². The van der Waals surface area contributed by atoms with Crippen LogP contribution in [-0.4, -0.2) is 48.4 Å². The number of benzene rings is 2. The number of hydrogen-bond donors (Lipinski definition) is 2. The molecule has 7 nitrogen and oxygen atoms in total. The van der Waals surface area contributed by atoms with E-state index in [0.717, 1.165) is 28.3 Å². The van der Waals surface area contributed by atoms with Crippen molar-refractivity contribution in [2.75, 3.05) is 27.3 Å². The molecule has 2 unspecified atom stereocenters. The average molecular weight is 469 g/mol. The van der Waals surface area contributed by atoms with Crippen molar-refractivity contribution in [1.29, 1.82) is 0 Å². The summed E-state index contributed by atoms with van der Waals surface area (Å²) < 4.78 is 47.9. The van der Waals surface area contributed by atoms with E-state index < -0.39 is 29.5 Å². The largest absolute Gasteiger partial charge is 0.493 e. The predicted octanol–water partition coefficient (Wildman–Crippen LogP) is 3.30. The Morgan fingerprint density at radius 3 is 2.62 bits per heavy atom. The van der Waals surface area contributed by atoms with Crippen molar-refractivity contribution in [1.82, 2.24) is 15.5 Å². The molecular weight excluding hydrogens is 445 g/mol. The number of carbonyl (C=O) groups is 1. The Labute approximate surface area is 188 Å². The fourth-order valence-electron chi connectivity index (χ4n) is 3.54. The third-order valence-electron chi connectivity index (χ3n) is 5.15. The molecule has 0 bridgehead atoms. The molecule has 0 spiro atoms. The molecule has 0 aromatic heterocycles. The summed E-state index contributed by atoms with van der Waals surface area (Å²) in [5, 5.41) is 2.03. The summed E-state index contributed by atoms with van der Waals surface area (Å²) >= 11 is 5.28. The van der Waals surface area contributed by atoms with Crippen LogP contribution < -0.4 is 15.9 Å². The molecule has 11 heteroatoms. The van der Waals surface area contributed by atoms with Crippen molar-refractivity contribution >= 4 is 23.2 Å². The summed E-state index contributed by atoms with van der Waals surface area (Å²) in [6.07, 6.45) is 0.434. The molecule has 1 heterocycles. The number of hydrazine groups is 1. The first kappa shape index (κ1) is 23.8. The number of nitrogens with one attached hydrogen (secondary N) is 1. The number of thiocarbonyl (C=S) groups is 1. The molecular formula is C21H23F3N4O3S. The highest BCUT2D eigenvalue weighted by atomic mass is 32.1. The van der Waals surface area contributed by atoms with E-state index in [0.29, 0.717) is 17.7 Å². The molecule has 1 aliphatic rings. The topological polar surface area (TPSA) is 80.1 Å². The number of rotatable bonds is 5. The first-order valence-electron chi connectivity index (χ1n) is 9.76. The van der Waals surface area contributed by atoms with Gasteiger partial charge < -0.3 is 10.5 Å². The zero-order valence-electron chi connectivity index (χ0n) is 17.5. The van der Waals surface area contributed by atoms with Gasteiger partial charge in [0.25, 0.3) is 0 Å². The van der Waals surface area contributed by atoms with Crippen molar-refractivity contribution in [3.8, 4) is 5.75 Å². The Balaban J connectivity index is 2.07. The molecule has 2 aromatic rings. The summed E-state index contributed by atoms with van der Waals surface area (Å²) in [6, 6.07) is 5.27. The fraction of sp³-hybridized carbons (Fsp3) is 0.333. The molecule has 3 rings (SSSR count). The smallest absolute Gasteiger partial charge is 0.362 e. The Morgan fingerprint density at radius 1 is 1.25 bits per heavy atom. The number of amides is 2. The summed E-state index contributed by atoms with van der Waals surface area (Å²) in [4.78, 5) is 18.0. The number of halogens is 3. The zero-order chi connectivity index (χ0) is 23.4. The van der Waals surface area contributed by atoms with Gasteiger partial charge in [-0.2, -0.15) is 0 Å². The highest BCUT2D eigenvalue weighted by Gasteiger charge is 2.40. The van der Waals surface area contributed by atoms with Crippen LogP contribution in [0.25, 0.3) is 0 Å². The minimum atomic E-state index is -0.794. The molecule has 0 aliphatic carbocycles. The number of ether oxygens (including phenoxy) is 1. The van der Waals surface area contributed by atoms with Gasteiger partial charge in [0, 0.05) is 24.1 Å². The van der Waals surface area contributed by atoms with Gasteiger partial charge in [0.1, 0.15) is 28.2 Å². The summed E-state index contributed by atoms with van der Waals surface area (Å²) in [7, 11) is 2.65. The SMILES string of the molecule is CON(C)C(=O)N(NC(=S)c1cc(F)ccc1F)C1c2cc(F)ccc2OCC1CCN. The van der Waals surface area contributed by atoms with Crippen LogP contribution in [0.2, 0.25) is 0 Å². The first-order chi connectivity index (χ1) is 15.3. The highest BCUT2D eigenvalue weighted by molar-refractivity contribution is 7.80. The fourth-order valence-corrected chi connectivity index (χ4v) is 3.79. The molecule has 3 N–H and O–H groups in total. The Kier molecular flexibility index (Phi) is 7.54. The lowest BCUT2D eigenvalue weighted by Crippen LogP contribution is -2.55. The summed E-state index contributed by atoms with van der Waals surface area (Å²) in [5.74, 6) is -1.97. The van der Waals surface area contributed by atoms with E-state index >= 15 is 0 Å². The van der Waals surface area contributed by atoms with Gasteiger partial charge in [-0.15, -0.1) is 0 Å². The number of nitrogens with two attached hydrogens (primary N) is 1. The second-order valence-electron chi connectivity index (χ2n) is 7.17. The van der Waals surface area contributed by atoms with Crippen LogP contribution in [0.1, 0.15) is 23.6 Å². The Hall–Kier alpha value is -2.89. The molecule has 172 valence electrons. The van der Waals surface area contributed by atoms with Gasteiger partial charge >= 0.3 is 6.03 Å². The van der Waals surface area contributed by atoms with Gasteiger partial charge in [0.05, 0.1) is 19.8 Å². The zero-order valence-corrected chi connectivity index (χ0v) is 18.3. The van der Waals surface area contributed by atoms with Crippen LogP contribution in [0.15, 0.2) is 36.4 Å². The van der Waals surface area contributed by atoms with Crippen molar-refractivity contribution < 1.29 is 27.5 Å². The highest BCUT2D eigenvalue weighted by Crippen LogP contribution is 2.41. The molecule has 2 amide bonds. The third kappa shape index (κ3) is 4.95. The second-order valence-corrected chi connectivity index (χ2v) is 7.58. The van der Waals surface area contributed by atoms with Gasteiger partial charge in [-0.1, -0.05) is 12.2 Å². The van der Waals surface area contributed by atoms with Gasteiger partial charge in [-0.3, -0.25) is 10.3 Å². The maximum absolute atomic E-state index is 14.3. The molecule has 0 saturated carbocycles. The lowest BCUT2D eigenvalue weighted by Gasteiger charge is -2.41. The van der Waals surface area contributed by atoms with Gasteiger partial charge in [0.2, 0.25) is 0 Å².